The number of aromatic nitrogens is 2. The smallest absolute Gasteiger partial charge is 0.410 e. The number of amides is 1. The van der Waals surface area contributed by atoms with E-state index in [2.05, 4.69) is 15.3 Å². The number of carbonyl (C=O) groups excluding carboxylic acids is 1. The zero-order valence-electron chi connectivity index (χ0n) is 19.1. The fraction of sp³-hybridized carbons (Fsp3) is 0.565. The zero-order chi connectivity index (χ0) is 24.0. The summed E-state index contributed by atoms with van der Waals surface area (Å²) >= 11 is 0. The van der Waals surface area contributed by atoms with Gasteiger partial charge >= 0.3 is 6.18 Å². The molecule has 2 saturated heterocycles. The van der Waals surface area contributed by atoms with E-state index < -0.39 is 18.3 Å². The normalized spacial score (nSPS) is 24.9. The van der Waals surface area contributed by atoms with Crippen LogP contribution in [0.3, 0.4) is 0 Å². The number of benzene rings is 1. The average Bonchev–Trinajstić information content (AvgIpc) is 3.48. The van der Waals surface area contributed by atoms with E-state index in [1.165, 1.54) is 20.4 Å². The van der Waals surface area contributed by atoms with Crippen molar-refractivity contribution in [2.75, 3.05) is 45.7 Å². The fourth-order valence-corrected chi connectivity index (χ4v) is 5.35. The quantitative estimate of drug-likeness (QED) is 0.724. The number of piperazine rings is 1. The lowest BCUT2D eigenvalue weighted by Gasteiger charge is -2.38. The molecule has 11 heteroatoms. The van der Waals surface area contributed by atoms with E-state index in [1.54, 1.807) is 23.1 Å². The molecule has 2 fully saturated rings. The van der Waals surface area contributed by atoms with Crippen LogP contribution in [0.5, 0.6) is 11.5 Å². The van der Waals surface area contributed by atoms with Gasteiger partial charge < -0.3 is 19.7 Å². The highest BCUT2D eigenvalue weighted by Crippen LogP contribution is 2.45. The van der Waals surface area contributed by atoms with Crippen LogP contribution in [-0.4, -0.2) is 78.1 Å². The maximum atomic E-state index is 14.1. The molecule has 0 radical (unpaired) electrons. The number of anilines is 1. The number of nitrogens with zero attached hydrogens (tertiary/aromatic N) is 4. The number of ether oxygens (including phenoxy) is 2. The van der Waals surface area contributed by atoms with Crippen molar-refractivity contribution < 1.29 is 27.4 Å². The minimum absolute atomic E-state index is 0.104. The molecular weight excluding hydrogens is 451 g/mol. The number of carbonyl (C=O) groups is 1. The summed E-state index contributed by atoms with van der Waals surface area (Å²) in [5, 5.41) is 7.17. The summed E-state index contributed by atoms with van der Waals surface area (Å²) in [6, 6.07) is 2.82. The van der Waals surface area contributed by atoms with Crippen LogP contribution in [0.2, 0.25) is 0 Å². The molecule has 5 rings (SSSR count). The zero-order valence-corrected chi connectivity index (χ0v) is 19.1. The van der Waals surface area contributed by atoms with Crippen molar-refractivity contribution in [2.45, 2.75) is 43.6 Å². The van der Waals surface area contributed by atoms with E-state index in [-0.39, 0.29) is 23.7 Å². The average molecular weight is 480 g/mol. The molecule has 3 atom stereocenters. The van der Waals surface area contributed by atoms with E-state index in [4.69, 9.17) is 9.47 Å². The monoisotopic (exact) mass is 479 g/mol. The van der Waals surface area contributed by atoms with E-state index in [9.17, 15) is 18.0 Å². The molecular formula is C23H28F3N5O3. The topological polar surface area (TPSA) is 71.9 Å². The van der Waals surface area contributed by atoms with Crippen molar-refractivity contribution in [1.82, 2.24) is 19.6 Å². The number of alkyl halides is 3. The molecule has 2 aromatic rings. The van der Waals surface area contributed by atoms with Crippen molar-refractivity contribution in [3.8, 4) is 11.5 Å². The lowest BCUT2D eigenvalue weighted by atomic mass is 9.96. The van der Waals surface area contributed by atoms with Gasteiger partial charge in [0.15, 0.2) is 17.5 Å². The Balaban J connectivity index is 1.47. The fourth-order valence-electron chi connectivity index (χ4n) is 5.35. The van der Waals surface area contributed by atoms with Gasteiger partial charge in [-0.3, -0.25) is 9.69 Å². The van der Waals surface area contributed by atoms with Crippen LogP contribution in [0.15, 0.2) is 24.4 Å². The molecule has 0 bridgehead atoms. The minimum atomic E-state index is -4.52. The Morgan fingerprint density at radius 1 is 1.15 bits per heavy atom. The van der Waals surface area contributed by atoms with Crippen LogP contribution in [0.25, 0.3) is 0 Å². The Morgan fingerprint density at radius 3 is 2.68 bits per heavy atom. The maximum absolute atomic E-state index is 14.1. The second kappa shape index (κ2) is 8.68. The van der Waals surface area contributed by atoms with Crippen LogP contribution in [0.4, 0.5) is 19.0 Å². The van der Waals surface area contributed by atoms with E-state index in [1.807, 2.05) is 0 Å². The first-order valence-corrected chi connectivity index (χ1v) is 11.5. The number of hydrogen-bond donors (Lipinski definition) is 1. The molecule has 3 aliphatic rings. The summed E-state index contributed by atoms with van der Waals surface area (Å²) in [7, 11) is 2.97. The highest BCUT2D eigenvalue weighted by Gasteiger charge is 2.48. The number of nitrogens with one attached hydrogen (secondary N) is 1. The second-order valence-corrected chi connectivity index (χ2v) is 9.04. The standard InChI is InChI=1S/C23H28F3N5O3/c1-33-18-6-5-14(10-19(18)34-2)17-11-20(23(24,25)26)31-21(28-17)16(12-27-31)22(32)30-9-8-29-7-3-4-15(29)13-30/h5-6,10,12,15,17,20,28H,3-4,7-9,11,13H2,1-2H3/t15-,17-,20-/m1/s1. The van der Waals surface area contributed by atoms with Gasteiger partial charge in [-0.05, 0) is 37.1 Å². The van der Waals surface area contributed by atoms with E-state index in [0.717, 1.165) is 30.6 Å². The largest absolute Gasteiger partial charge is 0.493 e. The number of rotatable bonds is 4. The number of methoxy groups -OCH3 is 2. The van der Waals surface area contributed by atoms with Gasteiger partial charge in [-0.15, -0.1) is 0 Å². The second-order valence-electron chi connectivity index (χ2n) is 9.04. The molecule has 0 spiro atoms. The van der Waals surface area contributed by atoms with Gasteiger partial charge in [-0.25, -0.2) is 4.68 Å². The van der Waals surface area contributed by atoms with Crippen molar-refractivity contribution >= 4 is 11.7 Å². The van der Waals surface area contributed by atoms with Crippen LogP contribution < -0.4 is 14.8 Å². The summed E-state index contributed by atoms with van der Waals surface area (Å²) in [5.74, 6) is 0.734. The van der Waals surface area contributed by atoms with Gasteiger partial charge in [0, 0.05) is 32.1 Å². The lowest BCUT2D eigenvalue weighted by Crippen LogP contribution is -2.52. The molecule has 8 nitrogen and oxygen atoms in total. The summed E-state index contributed by atoms with van der Waals surface area (Å²) in [6.07, 6.45) is -1.37. The molecule has 1 aromatic heterocycles. The number of hydrogen-bond acceptors (Lipinski definition) is 6. The summed E-state index contributed by atoms with van der Waals surface area (Å²) in [6.45, 7) is 2.97. The summed E-state index contributed by atoms with van der Waals surface area (Å²) < 4.78 is 53.7. The van der Waals surface area contributed by atoms with Crippen molar-refractivity contribution in [2.24, 2.45) is 0 Å². The third kappa shape index (κ3) is 3.95. The molecule has 0 unspecified atom stereocenters. The van der Waals surface area contributed by atoms with Gasteiger partial charge in [-0.2, -0.15) is 18.3 Å². The van der Waals surface area contributed by atoms with Crippen molar-refractivity contribution in [1.29, 1.82) is 0 Å². The molecule has 34 heavy (non-hydrogen) atoms. The Labute approximate surface area is 195 Å². The van der Waals surface area contributed by atoms with Crippen LogP contribution >= 0.6 is 0 Å². The molecule has 0 saturated carbocycles. The molecule has 3 aliphatic heterocycles. The highest BCUT2D eigenvalue weighted by atomic mass is 19.4. The summed E-state index contributed by atoms with van der Waals surface area (Å²) in [5.41, 5.74) is 0.781. The Bertz CT molecular complexity index is 1070. The SMILES string of the molecule is COc1ccc([C@H]2C[C@H](C(F)(F)F)n3ncc(C(=O)N4CCN5CCC[C@@H]5C4)c3N2)cc1OC. The van der Waals surface area contributed by atoms with E-state index in [0.29, 0.717) is 36.2 Å². The number of halogens is 3. The van der Waals surface area contributed by atoms with Gasteiger partial charge in [0.1, 0.15) is 11.4 Å². The third-order valence-electron chi connectivity index (χ3n) is 7.15. The van der Waals surface area contributed by atoms with Crippen molar-refractivity contribution in [3.05, 3.63) is 35.5 Å². The molecule has 0 aliphatic carbocycles. The first-order valence-electron chi connectivity index (χ1n) is 11.5. The summed E-state index contributed by atoms with van der Waals surface area (Å²) in [4.78, 5) is 17.5. The number of fused-ring (bicyclic) bond motifs is 2. The first-order chi connectivity index (χ1) is 16.3. The molecule has 1 N–H and O–H groups in total. The van der Waals surface area contributed by atoms with Crippen LogP contribution in [0.1, 0.15) is 47.3 Å². The first kappa shape index (κ1) is 22.8. The predicted octanol–water partition coefficient (Wildman–Crippen LogP) is 3.48. The van der Waals surface area contributed by atoms with Gasteiger partial charge in [-0.1, -0.05) is 6.07 Å². The third-order valence-corrected chi connectivity index (χ3v) is 7.15. The van der Waals surface area contributed by atoms with Crippen molar-refractivity contribution in [3.63, 3.8) is 0 Å². The highest BCUT2D eigenvalue weighted by molar-refractivity contribution is 5.99. The molecule has 1 amide bonds. The molecule has 184 valence electrons. The lowest BCUT2D eigenvalue weighted by molar-refractivity contribution is -0.173. The van der Waals surface area contributed by atoms with Gasteiger partial charge in [0.25, 0.3) is 5.91 Å². The van der Waals surface area contributed by atoms with Crippen LogP contribution in [0, 0.1) is 0 Å². The minimum Gasteiger partial charge on any atom is -0.493 e. The van der Waals surface area contributed by atoms with Gasteiger partial charge in [0.05, 0.1) is 26.5 Å². The van der Waals surface area contributed by atoms with Crippen LogP contribution in [-0.2, 0) is 0 Å². The predicted molar refractivity (Wildman–Crippen MR) is 118 cm³/mol. The Morgan fingerprint density at radius 2 is 1.94 bits per heavy atom. The van der Waals surface area contributed by atoms with Gasteiger partial charge in [0.2, 0.25) is 0 Å². The Hall–Kier alpha value is -2.95. The van der Waals surface area contributed by atoms with E-state index >= 15 is 0 Å². The molecule has 1 aromatic carbocycles. The maximum Gasteiger partial charge on any atom is 0.410 e. The Kier molecular flexibility index (Phi) is 5.83. The molecule has 4 heterocycles.